The molecule has 2 heterocycles. The Kier molecular flexibility index (Phi) is 5.36. The van der Waals surface area contributed by atoms with Crippen LogP contribution in [-0.4, -0.2) is 28.0 Å². The molecule has 0 aliphatic heterocycles. The van der Waals surface area contributed by atoms with Crippen LogP contribution in [0.3, 0.4) is 0 Å². The monoisotopic (exact) mass is 385 g/mol. The number of anilines is 1. The first-order valence-corrected chi connectivity index (χ1v) is 9.30. The molecule has 0 unspecified atom stereocenters. The van der Waals surface area contributed by atoms with Crippen molar-refractivity contribution in [1.29, 1.82) is 0 Å². The molecule has 0 spiro atoms. The number of esters is 1. The number of amides is 1. The fourth-order valence-electron chi connectivity index (χ4n) is 2.78. The Morgan fingerprint density at radius 1 is 1.26 bits per heavy atom. The number of hydrogen-bond donors (Lipinski definition) is 1. The lowest BCUT2D eigenvalue weighted by atomic mass is 10.1. The lowest BCUT2D eigenvalue weighted by Gasteiger charge is -2.12. The lowest BCUT2D eigenvalue weighted by Crippen LogP contribution is -2.28. The molecule has 140 valence electrons. The molecule has 0 atom stereocenters. The van der Waals surface area contributed by atoms with E-state index >= 15 is 0 Å². The van der Waals surface area contributed by atoms with Gasteiger partial charge in [-0.15, -0.1) is 11.3 Å². The smallest absolute Gasteiger partial charge is 0.339 e. The van der Waals surface area contributed by atoms with Crippen LogP contribution in [0.25, 0.3) is 10.2 Å². The molecule has 8 heteroatoms. The van der Waals surface area contributed by atoms with Crippen molar-refractivity contribution in [3.8, 4) is 0 Å². The summed E-state index contributed by atoms with van der Waals surface area (Å²) in [5.41, 5.74) is 2.34. The largest absolute Gasteiger partial charge is 0.462 e. The maximum atomic E-state index is 12.8. The molecule has 27 heavy (non-hydrogen) atoms. The van der Waals surface area contributed by atoms with Crippen LogP contribution in [0, 0.1) is 13.8 Å². The van der Waals surface area contributed by atoms with Crippen LogP contribution in [0.1, 0.15) is 28.4 Å². The summed E-state index contributed by atoms with van der Waals surface area (Å²) in [6.07, 6.45) is 1.32. The highest BCUT2D eigenvalue weighted by Crippen LogP contribution is 2.22. The van der Waals surface area contributed by atoms with Gasteiger partial charge in [-0.05, 0) is 31.9 Å². The van der Waals surface area contributed by atoms with E-state index in [0.29, 0.717) is 4.83 Å². The van der Waals surface area contributed by atoms with Crippen molar-refractivity contribution in [1.82, 2.24) is 9.55 Å². The highest BCUT2D eigenvalue weighted by molar-refractivity contribution is 7.17. The predicted octanol–water partition coefficient (Wildman–Crippen LogP) is 2.89. The number of carbonyl (C=O) groups is 2. The molecule has 1 aromatic carbocycles. The number of aromatic nitrogens is 2. The van der Waals surface area contributed by atoms with E-state index in [4.69, 9.17) is 4.74 Å². The summed E-state index contributed by atoms with van der Waals surface area (Å²) < 4.78 is 6.18. The molecule has 0 bridgehead atoms. The highest BCUT2D eigenvalue weighted by Gasteiger charge is 2.19. The average Bonchev–Trinajstić information content (AvgIpc) is 3.06. The van der Waals surface area contributed by atoms with Gasteiger partial charge >= 0.3 is 5.97 Å². The summed E-state index contributed by atoms with van der Waals surface area (Å²) in [5.74, 6) is -0.913. The summed E-state index contributed by atoms with van der Waals surface area (Å²) >= 11 is 1.19. The van der Waals surface area contributed by atoms with Crippen molar-refractivity contribution in [2.45, 2.75) is 27.3 Å². The molecule has 0 saturated carbocycles. The zero-order valence-electron chi connectivity index (χ0n) is 15.2. The van der Waals surface area contributed by atoms with Crippen molar-refractivity contribution in [2.24, 2.45) is 0 Å². The van der Waals surface area contributed by atoms with Crippen molar-refractivity contribution in [2.75, 3.05) is 11.9 Å². The van der Waals surface area contributed by atoms with E-state index in [2.05, 4.69) is 10.3 Å². The van der Waals surface area contributed by atoms with E-state index in [9.17, 15) is 14.4 Å². The second-order valence-electron chi connectivity index (χ2n) is 6.04. The number of rotatable bonds is 5. The van der Waals surface area contributed by atoms with Crippen molar-refractivity contribution in [3.63, 3.8) is 0 Å². The molecular formula is C19H19N3O4S. The van der Waals surface area contributed by atoms with Gasteiger partial charge in [-0.3, -0.25) is 14.2 Å². The molecule has 0 radical (unpaired) electrons. The van der Waals surface area contributed by atoms with Crippen LogP contribution in [-0.2, 0) is 16.1 Å². The van der Waals surface area contributed by atoms with E-state index < -0.39 is 11.5 Å². The molecule has 3 aromatic rings. The third-order valence-corrected chi connectivity index (χ3v) is 5.00. The second-order valence-corrected chi connectivity index (χ2v) is 6.90. The molecular weight excluding hydrogens is 366 g/mol. The Morgan fingerprint density at radius 3 is 2.63 bits per heavy atom. The SMILES string of the molecule is CCOC(=O)c1csc2ncn(CC(=O)Nc3c(C)cccc3C)c(=O)c12. The number of para-hydroxylation sites is 1. The number of nitrogens with one attached hydrogen (secondary N) is 1. The van der Waals surface area contributed by atoms with Crippen LogP contribution in [0.15, 0.2) is 34.7 Å². The first-order chi connectivity index (χ1) is 12.9. The quantitative estimate of drug-likeness (QED) is 0.682. The standard InChI is InChI=1S/C19H19N3O4S/c1-4-26-19(25)13-9-27-17-15(13)18(24)22(10-20-17)8-14(23)21-16-11(2)6-5-7-12(16)3/h5-7,9-10H,4,8H2,1-3H3,(H,21,23). The molecule has 2 aromatic heterocycles. The number of thiophene rings is 1. The molecule has 0 aliphatic rings. The normalized spacial score (nSPS) is 10.8. The maximum absolute atomic E-state index is 12.8. The second kappa shape index (κ2) is 7.71. The van der Waals surface area contributed by atoms with Gasteiger partial charge in [-0.2, -0.15) is 0 Å². The van der Waals surface area contributed by atoms with E-state index in [1.54, 1.807) is 12.3 Å². The number of aryl methyl sites for hydroxylation is 2. The van der Waals surface area contributed by atoms with E-state index in [1.807, 2.05) is 32.0 Å². The fourth-order valence-corrected chi connectivity index (χ4v) is 3.65. The van der Waals surface area contributed by atoms with Gasteiger partial charge < -0.3 is 10.1 Å². The van der Waals surface area contributed by atoms with Crippen LogP contribution in [0.4, 0.5) is 5.69 Å². The van der Waals surface area contributed by atoms with Gasteiger partial charge in [0.2, 0.25) is 5.91 Å². The van der Waals surface area contributed by atoms with Crippen LogP contribution in [0.2, 0.25) is 0 Å². The van der Waals surface area contributed by atoms with Gasteiger partial charge in [-0.1, -0.05) is 18.2 Å². The highest BCUT2D eigenvalue weighted by atomic mass is 32.1. The Balaban J connectivity index is 1.90. The van der Waals surface area contributed by atoms with Gasteiger partial charge in [0.1, 0.15) is 11.4 Å². The number of carbonyl (C=O) groups excluding carboxylic acids is 2. The van der Waals surface area contributed by atoms with Gasteiger partial charge in [-0.25, -0.2) is 9.78 Å². The van der Waals surface area contributed by atoms with E-state index in [1.165, 1.54) is 22.2 Å². The van der Waals surface area contributed by atoms with Gasteiger partial charge in [0.05, 0.1) is 23.9 Å². The number of nitrogens with zero attached hydrogens (tertiary/aromatic N) is 2. The van der Waals surface area contributed by atoms with Crippen LogP contribution < -0.4 is 10.9 Å². The summed E-state index contributed by atoms with van der Waals surface area (Å²) in [7, 11) is 0. The van der Waals surface area contributed by atoms with Gasteiger partial charge in [0.15, 0.2) is 0 Å². The first-order valence-electron chi connectivity index (χ1n) is 8.42. The summed E-state index contributed by atoms with van der Waals surface area (Å²) in [5, 5.41) is 4.57. The first kappa shape index (κ1) is 18.8. The predicted molar refractivity (Wildman–Crippen MR) is 104 cm³/mol. The molecule has 1 N–H and O–H groups in total. The average molecular weight is 385 g/mol. The molecule has 3 rings (SSSR count). The molecule has 7 nitrogen and oxygen atoms in total. The Morgan fingerprint density at radius 2 is 1.96 bits per heavy atom. The minimum atomic E-state index is -0.569. The topological polar surface area (TPSA) is 90.3 Å². The lowest BCUT2D eigenvalue weighted by molar-refractivity contribution is -0.116. The van der Waals surface area contributed by atoms with E-state index in [0.717, 1.165) is 16.8 Å². The minimum Gasteiger partial charge on any atom is -0.462 e. The Labute approximate surface area is 159 Å². The minimum absolute atomic E-state index is 0.179. The van der Waals surface area contributed by atoms with E-state index in [-0.39, 0.29) is 30.0 Å². The molecule has 0 fully saturated rings. The zero-order chi connectivity index (χ0) is 19.6. The van der Waals surface area contributed by atoms with Gasteiger partial charge in [0.25, 0.3) is 5.56 Å². The molecule has 0 aliphatic carbocycles. The number of hydrogen-bond acceptors (Lipinski definition) is 6. The third kappa shape index (κ3) is 3.75. The van der Waals surface area contributed by atoms with Crippen molar-refractivity contribution < 1.29 is 14.3 Å². The Hall–Kier alpha value is -3.00. The van der Waals surface area contributed by atoms with Gasteiger partial charge in [0, 0.05) is 11.1 Å². The summed E-state index contributed by atoms with van der Waals surface area (Å²) in [6, 6.07) is 5.72. The fraction of sp³-hybridized carbons (Fsp3) is 0.263. The Bertz CT molecular complexity index is 1060. The van der Waals surface area contributed by atoms with Crippen LogP contribution >= 0.6 is 11.3 Å². The number of benzene rings is 1. The van der Waals surface area contributed by atoms with Crippen molar-refractivity contribution >= 4 is 39.1 Å². The number of ether oxygens (including phenoxy) is 1. The number of fused-ring (bicyclic) bond motifs is 1. The zero-order valence-corrected chi connectivity index (χ0v) is 16.1. The van der Waals surface area contributed by atoms with Crippen molar-refractivity contribution in [3.05, 3.63) is 57.0 Å². The molecule has 1 amide bonds. The third-order valence-electron chi connectivity index (χ3n) is 4.12. The van der Waals surface area contributed by atoms with Crippen LogP contribution in [0.5, 0.6) is 0 Å². The maximum Gasteiger partial charge on any atom is 0.339 e. The summed E-state index contributed by atoms with van der Waals surface area (Å²) in [4.78, 5) is 41.9. The summed E-state index contributed by atoms with van der Waals surface area (Å²) in [6.45, 7) is 5.51. The molecule has 0 saturated heterocycles.